The maximum atomic E-state index is 13.1. The van der Waals surface area contributed by atoms with Gasteiger partial charge in [0.15, 0.2) is 5.65 Å². The fraction of sp³-hybridized carbons (Fsp3) is 0.636. The Morgan fingerprint density at radius 3 is 2.37 bits per heavy atom. The molecule has 4 heterocycles. The van der Waals surface area contributed by atoms with Crippen molar-refractivity contribution in [3.05, 3.63) is 29.2 Å². The molecule has 2 saturated heterocycles. The van der Waals surface area contributed by atoms with Gasteiger partial charge in [0.1, 0.15) is 5.56 Å². The van der Waals surface area contributed by atoms with Gasteiger partial charge in [-0.15, -0.1) is 0 Å². The first-order chi connectivity index (χ1) is 14.3. The fourth-order valence-electron chi connectivity index (χ4n) is 4.86. The molecule has 0 aliphatic carbocycles. The maximum absolute atomic E-state index is 13.1. The molecule has 0 saturated carbocycles. The molecule has 0 aromatic carbocycles. The molecule has 4 rings (SSSR count). The number of nitrogens with zero attached hydrogens (tertiary/aromatic N) is 6. The van der Waals surface area contributed by atoms with Crippen LogP contribution in [0.1, 0.15) is 42.0 Å². The number of aryl methyl sites for hydroxylation is 2. The highest BCUT2D eigenvalue weighted by molar-refractivity contribution is 5.99. The van der Waals surface area contributed by atoms with Crippen LogP contribution < -0.4 is 0 Å². The number of likely N-dealkylation sites (tertiary alicyclic amines) is 1. The zero-order valence-electron chi connectivity index (χ0n) is 18.5. The largest absolute Gasteiger partial charge is 0.341 e. The van der Waals surface area contributed by atoms with Crippen LogP contribution in [0.2, 0.25) is 0 Å². The summed E-state index contributed by atoms with van der Waals surface area (Å²) in [6.45, 7) is 13.1. The van der Waals surface area contributed by atoms with Crippen LogP contribution in [0.5, 0.6) is 0 Å². The summed E-state index contributed by atoms with van der Waals surface area (Å²) in [5.74, 6) is 1.32. The highest BCUT2D eigenvalue weighted by Gasteiger charge is 2.29. The zero-order valence-corrected chi connectivity index (χ0v) is 18.5. The van der Waals surface area contributed by atoms with E-state index in [4.69, 9.17) is 0 Å². The molecular weight excluding hydrogens is 380 g/mol. The van der Waals surface area contributed by atoms with Crippen molar-refractivity contribution in [1.29, 1.82) is 0 Å². The van der Waals surface area contributed by atoms with Gasteiger partial charge in [0.2, 0.25) is 5.91 Å². The van der Waals surface area contributed by atoms with Crippen molar-refractivity contribution in [3.63, 3.8) is 0 Å². The third kappa shape index (κ3) is 4.19. The highest BCUT2D eigenvalue weighted by Crippen LogP contribution is 2.21. The Kier molecular flexibility index (Phi) is 5.77. The van der Waals surface area contributed by atoms with Gasteiger partial charge in [0, 0.05) is 50.7 Å². The Morgan fingerprint density at radius 2 is 1.70 bits per heavy atom. The van der Waals surface area contributed by atoms with Crippen molar-refractivity contribution in [3.8, 4) is 0 Å². The van der Waals surface area contributed by atoms with Crippen LogP contribution >= 0.6 is 0 Å². The van der Waals surface area contributed by atoms with Crippen LogP contribution in [-0.2, 0) is 4.79 Å². The van der Waals surface area contributed by atoms with Gasteiger partial charge in [0.25, 0.3) is 5.91 Å². The normalized spacial score (nSPS) is 23.2. The average molecular weight is 413 g/mol. The number of hydrogen-bond donors (Lipinski definition) is 0. The molecule has 8 nitrogen and oxygen atoms in total. The van der Waals surface area contributed by atoms with E-state index in [1.165, 1.54) is 6.42 Å². The summed E-state index contributed by atoms with van der Waals surface area (Å²) >= 11 is 0. The Labute approximate surface area is 177 Å². The number of carbonyl (C=O) groups is 2. The van der Waals surface area contributed by atoms with Crippen molar-refractivity contribution in [2.45, 2.75) is 34.1 Å². The Hall–Kier alpha value is -2.48. The predicted molar refractivity (Wildman–Crippen MR) is 114 cm³/mol. The molecule has 8 heteroatoms. The molecule has 0 unspecified atom stereocenters. The van der Waals surface area contributed by atoms with Crippen molar-refractivity contribution < 1.29 is 9.59 Å². The van der Waals surface area contributed by atoms with Crippen molar-refractivity contribution in [1.82, 2.24) is 29.3 Å². The minimum atomic E-state index is -0.0350. The van der Waals surface area contributed by atoms with E-state index < -0.39 is 0 Å². The smallest absolute Gasteiger partial charge is 0.259 e. The molecule has 0 bridgehead atoms. The molecule has 2 atom stereocenters. The molecule has 2 aromatic rings. The number of piperidine rings is 1. The standard InChI is InChI=1S/C22H32N6O2/c1-15-9-16(2)13-27(12-15)20(29)14-25-5-7-26(8-6-25)22(30)19-11-23-28-18(4)10-17(3)24-21(19)28/h10-11,15-16H,5-9,12-14H2,1-4H3/t15-,16-/m0/s1. The summed E-state index contributed by atoms with van der Waals surface area (Å²) in [6.07, 6.45) is 2.81. The summed E-state index contributed by atoms with van der Waals surface area (Å²) in [7, 11) is 0. The molecule has 2 aliphatic rings. The lowest BCUT2D eigenvalue weighted by Gasteiger charge is -2.38. The third-order valence-corrected chi connectivity index (χ3v) is 6.25. The Balaban J connectivity index is 1.36. The summed E-state index contributed by atoms with van der Waals surface area (Å²) in [5.41, 5.74) is 2.99. The van der Waals surface area contributed by atoms with E-state index >= 15 is 0 Å². The third-order valence-electron chi connectivity index (χ3n) is 6.25. The minimum absolute atomic E-state index is 0.0350. The topological polar surface area (TPSA) is 74.1 Å². The number of hydrogen-bond acceptors (Lipinski definition) is 5. The first kappa shape index (κ1) is 20.8. The number of carbonyl (C=O) groups excluding carboxylic acids is 2. The minimum Gasteiger partial charge on any atom is -0.341 e. The van der Waals surface area contributed by atoms with Gasteiger partial charge < -0.3 is 9.80 Å². The van der Waals surface area contributed by atoms with E-state index in [2.05, 4.69) is 28.8 Å². The molecule has 2 amide bonds. The zero-order chi connectivity index (χ0) is 21.4. The molecular formula is C22H32N6O2. The van der Waals surface area contributed by atoms with Gasteiger partial charge in [0.05, 0.1) is 12.7 Å². The SMILES string of the molecule is Cc1cc(C)n2ncc(C(=O)N3CCN(CC(=O)N4C[C@@H](C)C[C@H](C)C4)CC3)c2n1. The summed E-state index contributed by atoms with van der Waals surface area (Å²) in [5, 5.41) is 4.34. The maximum Gasteiger partial charge on any atom is 0.259 e. The van der Waals surface area contributed by atoms with Crippen LogP contribution in [-0.4, -0.2) is 86.9 Å². The lowest BCUT2D eigenvalue weighted by Crippen LogP contribution is -2.53. The van der Waals surface area contributed by atoms with Gasteiger partial charge >= 0.3 is 0 Å². The van der Waals surface area contributed by atoms with E-state index in [9.17, 15) is 9.59 Å². The van der Waals surface area contributed by atoms with Gasteiger partial charge in [-0.2, -0.15) is 5.10 Å². The second kappa shape index (κ2) is 8.34. The molecule has 30 heavy (non-hydrogen) atoms. The van der Waals surface area contributed by atoms with E-state index in [0.717, 1.165) is 24.5 Å². The van der Waals surface area contributed by atoms with Crippen molar-refractivity contribution in [2.24, 2.45) is 11.8 Å². The van der Waals surface area contributed by atoms with Crippen LogP contribution in [0, 0.1) is 25.7 Å². The van der Waals surface area contributed by atoms with Gasteiger partial charge in [-0.1, -0.05) is 13.8 Å². The fourth-order valence-corrected chi connectivity index (χ4v) is 4.86. The summed E-state index contributed by atoms with van der Waals surface area (Å²) in [4.78, 5) is 36.4. The second-order valence-electron chi connectivity index (χ2n) is 9.15. The first-order valence-corrected chi connectivity index (χ1v) is 10.9. The molecule has 0 N–H and O–H groups in total. The molecule has 2 aliphatic heterocycles. The lowest BCUT2D eigenvalue weighted by molar-refractivity contribution is -0.135. The lowest BCUT2D eigenvalue weighted by atomic mass is 9.92. The van der Waals surface area contributed by atoms with Crippen LogP contribution in [0.25, 0.3) is 5.65 Å². The van der Waals surface area contributed by atoms with E-state index in [1.807, 2.05) is 29.7 Å². The predicted octanol–water partition coefficient (Wildman–Crippen LogP) is 1.61. The van der Waals surface area contributed by atoms with Crippen molar-refractivity contribution in [2.75, 3.05) is 45.8 Å². The molecule has 162 valence electrons. The number of aromatic nitrogens is 3. The van der Waals surface area contributed by atoms with Crippen molar-refractivity contribution >= 4 is 17.5 Å². The van der Waals surface area contributed by atoms with E-state index in [0.29, 0.717) is 55.8 Å². The second-order valence-corrected chi connectivity index (χ2v) is 9.15. The van der Waals surface area contributed by atoms with Crippen LogP contribution in [0.4, 0.5) is 0 Å². The van der Waals surface area contributed by atoms with Crippen LogP contribution in [0.3, 0.4) is 0 Å². The van der Waals surface area contributed by atoms with E-state index in [1.54, 1.807) is 10.7 Å². The van der Waals surface area contributed by atoms with Gasteiger partial charge in [-0.25, -0.2) is 9.50 Å². The van der Waals surface area contributed by atoms with Crippen LogP contribution in [0.15, 0.2) is 12.3 Å². The summed E-state index contributed by atoms with van der Waals surface area (Å²) in [6, 6.07) is 1.95. The molecule has 2 fully saturated rings. The number of amides is 2. The number of piperazine rings is 1. The highest BCUT2D eigenvalue weighted by atomic mass is 16.2. The number of fused-ring (bicyclic) bond motifs is 1. The Bertz CT molecular complexity index is 936. The Morgan fingerprint density at radius 1 is 1.03 bits per heavy atom. The molecule has 2 aromatic heterocycles. The number of rotatable bonds is 3. The monoisotopic (exact) mass is 412 g/mol. The molecule has 0 radical (unpaired) electrons. The van der Waals surface area contributed by atoms with Gasteiger partial charge in [-0.3, -0.25) is 14.5 Å². The van der Waals surface area contributed by atoms with Gasteiger partial charge in [-0.05, 0) is 38.2 Å². The average Bonchev–Trinajstić information content (AvgIpc) is 3.11. The first-order valence-electron chi connectivity index (χ1n) is 10.9. The summed E-state index contributed by atoms with van der Waals surface area (Å²) < 4.78 is 1.72. The van der Waals surface area contributed by atoms with E-state index in [-0.39, 0.29) is 11.8 Å². The quantitative estimate of drug-likeness (QED) is 0.766. The molecule has 0 spiro atoms.